The highest BCUT2D eigenvalue weighted by Gasteiger charge is 1.92. The van der Waals surface area contributed by atoms with E-state index in [2.05, 4.69) is 4.98 Å². The predicted molar refractivity (Wildman–Crippen MR) is 38.0 cm³/mol. The maximum Gasteiger partial charge on any atom is 0.124 e. The van der Waals surface area contributed by atoms with Gasteiger partial charge in [-0.1, -0.05) is 13.0 Å². The summed E-state index contributed by atoms with van der Waals surface area (Å²) in [5.41, 5.74) is 1.63. The second-order valence-corrected chi connectivity index (χ2v) is 2.12. The lowest BCUT2D eigenvalue weighted by atomic mass is 10.2. The lowest BCUT2D eigenvalue weighted by molar-refractivity contribution is 0.173. The molecule has 0 bridgehead atoms. The van der Waals surface area contributed by atoms with Crippen LogP contribution in [0.15, 0.2) is 18.2 Å². The van der Waals surface area contributed by atoms with Crippen molar-refractivity contribution in [2.24, 2.45) is 0 Å². The van der Waals surface area contributed by atoms with Gasteiger partial charge in [0.05, 0.1) is 5.69 Å². The Kier molecular flexibility index (Phi) is 2.40. The van der Waals surface area contributed by atoms with E-state index >= 15 is 0 Å². The fourth-order valence-electron chi connectivity index (χ4n) is 0.807. The van der Waals surface area contributed by atoms with Gasteiger partial charge in [-0.25, -0.2) is 5.11 Å². The van der Waals surface area contributed by atoms with Crippen molar-refractivity contribution in [1.29, 1.82) is 0 Å². The molecule has 0 saturated carbocycles. The molecule has 0 aliphatic carbocycles. The first kappa shape index (κ1) is 7.22. The Morgan fingerprint density at radius 1 is 1.40 bits per heavy atom. The van der Waals surface area contributed by atoms with Crippen LogP contribution in [0.1, 0.15) is 18.3 Å². The molecule has 1 aromatic heterocycles. The molecule has 0 aliphatic rings. The second-order valence-electron chi connectivity index (χ2n) is 2.12. The van der Waals surface area contributed by atoms with Crippen LogP contribution in [0.3, 0.4) is 0 Å². The fourth-order valence-corrected chi connectivity index (χ4v) is 0.807. The van der Waals surface area contributed by atoms with Crippen molar-refractivity contribution in [2.45, 2.75) is 20.0 Å². The molecule has 2 heteroatoms. The largest absolute Gasteiger partial charge is 0.255 e. The maximum atomic E-state index is 10.3. The first-order chi connectivity index (χ1) is 4.86. The van der Waals surface area contributed by atoms with Gasteiger partial charge in [0.1, 0.15) is 6.61 Å². The van der Waals surface area contributed by atoms with Crippen molar-refractivity contribution in [2.75, 3.05) is 0 Å². The van der Waals surface area contributed by atoms with Crippen LogP contribution >= 0.6 is 0 Å². The summed E-state index contributed by atoms with van der Waals surface area (Å²) in [6.45, 7) is 1.81. The zero-order valence-electron chi connectivity index (χ0n) is 6.00. The van der Waals surface area contributed by atoms with Gasteiger partial charge in [0.25, 0.3) is 0 Å². The molecule has 1 radical (unpaired) electrons. The van der Waals surface area contributed by atoms with Gasteiger partial charge in [0.2, 0.25) is 0 Å². The van der Waals surface area contributed by atoms with Crippen molar-refractivity contribution in [3.8, 4) is 0 Å². The van der Waals surface area contributed by atoms with Crippen molar-refractivity contribution in [1.82, 2.24) is 4.98 Å². The zero-order valence-corrected chi connectivity index (χ0v) is 6.00. The number of aromatic nitrogens is 1. The number of nitrogens with zero attached hydrogens (tertiary/aromatic N) is 1. The summed E-state index contributed by atoms with van der Waals surface area (Å²) in [5, 5.41) is 10.3. The summed E-state index contributed by atoms with van der Waals surface area (Å²) in [5.74, 6) is 0. The number of hydrogen-bond acceptors (Lipinski definition) is 1. The Morgan fingerprint density at radius 3 is 2.70 bits per heavy atom. The first-order valence-electron chi connectivity index (χ1n) is 3.39. The van der Waals surface area contributed by atoms with E-state index in [1.165, 1.54) is 0 Å². The molecule has 0 atom stereocenters. The molecule has 0 aliphatic heterocycles. The second kappa shape index (κ2) is 3.32. The monoisotopic (exact) mass is 136 g/mol. The molecule has 0 aromatic carbocycles. The standard InChI is InChI=1S/C8H10NO/c1-2-7-4-3-5-8(6-10)9-7/h3-5H,2,6H2,1H3. The van der Waals surface area contributed by atoms with Gasteiger partial charge < -0.3 is 0 Å². The third kappa shape index (κ3) is 1.54. The highest BCUT2D eigenvalue weighted by molar-refractivity contribution is 5.10. The molecule has 0 amide bonds. The van der Waals surface area contributed by atoms with Crippen LogP contribution in [-0.4, -0.2) is 4.98 Å². The Labute approximate surface area is 60.5 Å². The summed E-state index contributed by atoms with van der Waals surface area (Å²) < 4.78 is 0. The molecule has 1 aromatic rings. The van der Waals surface area contributed by atoms with E-state index in [-0.39, 0.29) is 6.61 Å². The number of rotatable bonds is 2. The fraction of sp³-hybridized carbons (Fsp3) is 0.375. The van der Waals surface area contributed by atoms with E-state index in [9.17, 15) is 5.11 Å². The van der Waals surface area contributed by atoms with Crippen LogP contribution in [0.5, 0.6) is 0 Å². The van der Waals surface area contributed by atoms with Crippen molar-refractivity contribution < 1.29 is 5.11 Å². The number of hydrogen-bond donors (Lipinski definition) is 0. The van der Waals surface area contributed by atoms with Crippen molar-refractivity contribution >= 4 is 0 Å². The van der Waals surface area contributed by atoms with E-state index < -0.39 is 0 Å². The van der Waals surface area contributed by atoms with Crippen molar-refractivity contribution in [3.05, 3.63) is 29.6 Å². The molecule has 0 fully saturated rings. The average molecular weight is 136 g/mol. The quantitative estimate of drug-likeness (QED) is 0.607. The van der Waals surface area contributed by atoms with E-state index in [0.29, 0.717) is 5.69 Å². The molecule has 0 unspecified atom stereocenters. The molecule has 0 saturated heterocycles. The van der Waals surface area contributed by atoms with E-state index in [0.717, 1.165) is 12.1 Å². The van der Waals surface area contributed by atoms with Crippen LogP contribution in [-0.2, 0) is 18.1 Å². The molecular weight excluding hydrogens is 126 g/mol. The van der Waals surface area contributed by atoms with Crippen LogP contribution < -0.4 is 0 Å². The minimum absolute atomic E-state index is 0.214. The smallest absolute Gasteiger partial charge is 0.124 e. The van der Waals surface area contributed by atoms with Gasteiger partial charge in [0.15, 0.2) is 0 Å². The Bertz CT molecular complexity index is 191. The van der Waals surface area contributed by atoms with E-state index in [1.54, 1.807) is 6.07 Å². The molecule has 1 rings (SSSR count). The van der Waals surface area contributed by atoms with E-state index in [4.69, 9.17) is 0 Å². The van der Waals surface area contributed by atoms with Gasteiger partial charge in [0, 0.05) is 5.69 Å². The molecule has 0 spiro atoms. The molecule has 10 heavy (non-hydrogen) atoms. The molecule has 2 nitrogen and oxygen atoms in total. The highest BCUT2D eigenvalue weighted by atomic mass is 16.3. The minimum Gasteiger partial charge on any atom is -0.255 e. The molecular formula is C8H10NO. The topological polar surface area (TPSA) is 32.8 Å². The third-order valence-corrected chi connectivity index (χ3v) is 1.37. The average Bonchev–Trinajstić information content (AvgIpc) is 2.05. The number of pyridine rings is 1. The van der Waals surface area contributed by atoms with Crippen LogP contribution in [0.25, 0.3) is 0 Å². The SMILES string of the molecule is CCc1cccc(C[O])n1. The lowest BCUT2D eigenvalue weighted by Gasteiger charge is -1.96. The normalized spacial score (nSPS) is 9.80. The van der Waals surface area contributed by atoms with Crippen LogP contribution in [0.4, 0.5) is 0 Å². The van der Waals surface area contributed by atoms with Gasteiger partial charge in [-0.2, -0.15) is 0 Å². The van der Waals surface area contributed by atoms with Gasteiger partial charge in [-0.3, -0.25) is 4.98 Å². The summed E-state index contributed by atoms with van der Waals surface area (Å²) in [6.07, 6.45) is 0.897. The third-order valence-electron chi connectivity index (χ3n) is 1.37. The van der Waals surface area contributed by atoms with Gasteiger partial charge in [-0.15, -0.1) is 0 Å². The molecule has 53 valence electrons. The Hall–Kier alpha value is -0.890. The summed E-state index contributed by atoms with van der Waals surface area (Å²) >= 11 is 0. The minimum atomic E-state index is -0.214. The lowest BCUT2D eigenvalue weighted by Crippen LogP contribution is -1.91. The zero-order chi connectivity index (χ0) is 7.40. The van der Waals surface area contributed by atoms with E-state index in [1.807, 2.05) is 19.1 Å². The van der Waals surface area contributed by atoms with Crippen molar-refractivity contribution in [3.63, 3.8) is 0 Å². The predicted octanol–water partition coefficient (Wildman–Crippen LogP) is 1.57. The van der Waals surface area contributed by atoms with Gasteiger partial charge in [-0.05, 0) is 18.6 Å². The maximum absolute atomic E-state index is 10.3. The van der Waals surface area contributed by atoms with Crippen LogP contribution in [0, 0.1) is 0 Å². The number of aryl methyl sites for hydroxylation is 1. The first-order valence-corrected chi connectivity index (χ1v) is 3.39. The summed E-state index contributed by atoms with van der Waals surface area (Å²) in [4.78, 5) is 4.10. The highest BCUT2D eigenvalue weighted by Crippen LogP contribution is 1.99. The Morgan fingerprint density at radius 2 is 2.10 bits per heavy atom. The molecule has 1 heterocycles. The van der Waals surface area contributed by atoms with Crippen LogP contribution in [0.2, 0.25) is 0 Å². The van der Waals surface area contributed by atoms with Gasteiger partial charge >= 0.3 is 0 Å². The molecule has 0 N–H and O–H groups in total. The Balaban J connectivity index is 2.87. The summed E-state index contributed by atoms with van der Waals surface area (Å²) in [7, 11) is 0. The summed E-state index contributed by atoms with van der Waals surface area (Å²) in [6, 6.07) is 5.56.